The van der Waals surface area contributed by atoms with Crippen LogP contribution in [0.15, 0.2) is 66.4 Å². The Labute approximate surface area is 169 Å². The fourth-order valence-electron chi connectivity index (χ4n) is 3.16. The predicted octanol–water partition coefficient (Wildman–Crippen LogP) is 5.41. The van der Waals surface area contributed by atoms with Gasteiger partial charge in [-0.15, -0.1) is 10.2 Å². The average Bonchev–Trinajstić information content (AvgIpc) is 3.12. The summed E-state index contributed by atoms with van der Waals surface area (Å²) in [6, 6.07) is 16.4. The minimum Gasteiger partial charge on any atom is -0.457 e. The molecule has 0 saturated carbocycles. The molecule has 28 heavy (non-hydrogen) atoms. The molecule has 0 amide bonds. The normalized spacial score (nSPS) is 16.7. The van der Waals surface area contributed by atoms with Crippen LogP contribution in [-0.2, 0) is 6.54 Å². The van der Waals surface area contributed by atoms with Crippen LogP contribution >= 0.6 is 11.6 Å². The lowest BCUT2D eigenvalue weighted by molar-refractivity contribution is 0.443. The maximum absolute atomic E-state index is 6.34. The second-order valence-electron chi connectivity index (χ2n) is 6.49. The Balaban J connectivity index is 1.68. The van der Waals surface area contributed by atoms with E-state index in [1.807, 2.05) is 54.1 Å². The highest BCUT2D eigenvalue weighted by molar-refractivity contribution is 6.28. The number of ether oxygens (including phenoxy) is 1. The lowest BCUT2D eigenvalue weighted by atomic mass is 10.0. The summed E-state index contributed by atoms with van der Waals surface area (Å²) in [4.78, 5) is 0. The third-order valence-corrected chi connectivity index (χ3v) is 4.92. The minimum atomic E-state index is 0.414. The molecule has 5 nitrogen and oxygen atoms in total. The van der Waals surface area contributed by atoms with Gasteiger partial charge in [0.15, 0.2) is 5.82 Å². The summed E-state index contributed by atoms with van der Waals surface area (Å²) in [5.41, 5.74) is 3.15. The molecule has 2 aromatic carbocycles. The van der Waals surface area contributed by atoms with E-state index in [-0.39, 0.29) is 0 Å². The predicted molar refractivity (Wildman–Crippen MR) is 113 cm³/mol. The Morgan fingerprint density at radius 1 is 1.07 bits per heavy atom. The highest BCUT2D eigenvalue weighted by Gasteiger charge is 2.12. The molecule has 0 atom stereocenters. The molecular weight excluding hydrogens is 372 g/mol. The molecule has 142 valence electrons. The van der Waals surface area contributed by atoms with Gasteiger partial charge in [-0.05, 0) is 60.4 Å². The summed E-state index contributed by atoms with van der Waals surface area (Å²) in [6.07, 6.45) is 7.72. The van der Waals surface area contributed by atoms with Gasteiger partial charge < -0.3 is 10.1 Å². The lowest BCUT2D eigenvalue weighted by Crippen LogP contribution is -2.00. The van der Waals surface area contributed by atoms with Gasteiger partial charge in [0, 0.05) is 30.9 Å². The van der Waals surface area contributed by atoms with Crippen molar-refractivity contribution in [1.82, 2.24) is 14.8 Å². The molecule has 0 aliphatic carbocycles. The van der Waals surface area contributed by atoms with Gasteiger partial charge in [-0.3, -0.25) is 4.57 Å². The van der Waals surface area contributed by atoms with Crippen molar-refractivity contribution in [3.63, 3.8) is 0 Å². The molecule has 1 aliphatic rings. The molecule has 4 rings (SSSR count). The lowest BCUT2D eigenvalue weighted by Gasteiger charge is -2.14. The van der Waals surface area contributed by atoms with Crippen LogP contribution in [0.2, 0.25) is 5.28 Å². The molecule has 0 unspecified atom stereocenters. The van der Waals surface area contributed by atoms with Crippen LogP contribution in [0.4, 0.5) is 5.69 Å². The average molecular weight is 393 g/mol. The zero-order valence-electron chi connectivity index (χ0n) is 15.6. The van der Waals surface area contributed by atoms with E-state index < -0.39 is 0 Å². The second kappa shape index (κ2) is 8.31. The van der Waals surface area contributed by atoms with Gasteiger partial charge in [0.25, 0.3) is 0 Å². The number of nitrogens with one attached hydrogen (secondary N) is 1. The SMILES string of the molecule is CNc1ccc(-c2ccccc2)c(OC2=C\CCCn3c(Cl)nnc3/C=C\2)c1. The molecule has 0 radical (unpaired) electrons. The highest BCUT2D eigenvalue weighted by Crippen LogP contribution is 2.34. The number of rotatable bonds is 4. The maximum atomic E-state index is 6.34. The molecule has 3 aromatic rings. The molecule has 0 spiro atoms. The molecule has 6 heteroatoms. The molecule has 0 bridgehead atoms. The fraction of sp³-hybridized carbons (Fsp3) is 0.182. The first-order valence-electron chi connectivity index (χ1n) is 9.26. The largest absolute Gasteiger partial charge is 0.457 e. The molecule has 1 N–H and O–H groups in total. The number of aromatic nitrogens is 3. The van der Waals surface area contributed by atoms with Crippen LogP contribution in [0.5, 0.6) is 5.75 Å². The molecule has 1 aliphatic heterocycles. The first-order chi connectivity index (χ1) is 13.7. The summed E-state index contributed by atoms with van der Waals surface area (Å²) in [6.45, 7) is 0.778. The molecular formula is C22H21ClN4O. The van der Waals surface area contributed by atoms with Crippen molar-refractivity contribution in [2.45, 2.75) is 19.4 Å². The van der Waals surface area contributed by atoms with Crippen LogP contribution in [0.1, 0.15) is 18.7 Å². The van der Waals surface area contributed by atoms with Crippen LogP contribution in [0.25, 0.3) is 17.2 Å². The standard InChI is InChI=1S/C22H21ClN4O/c1-24-17-10-12-19(16-7-3-2-4-8-16)20(15-17)28-18-9-5-6-14-27-21(13-11-18)25-26-22(27)23/h2-4,7-13,15,24H,5-6,14H2,1H3/b13-11-,18-9-. The third kappa shape index (κ3) is 3.94. The molecule has 0 fully saturated rings. The number of benzene rings is 2. The van der Waals surface area contributed by atoms with E-state index in [1.54, 1.807) is 0 Å². The Morgan fingerprint density at radius 2 is 1.93 bits per heavy atom. The summed E-state index contributed by atoms with van der Waals surface area (Å²) >= 11 is 6.13. The van der Waals surface area contributed by atoms with Gasteiger partial charge in [0.05, 0.1) is 0 Å². The number of nitrogens with zero attached hydrogens (tertiary/aromatic N) is 3. The second-order valence-corrected chi connectivity index (χ2v) is 6.83. The van der Waals surface area contributed by atoms with Gasteiger partial charge >= 0.3 is 0 Å². The first-order valence-corrected chi connectivity index (χ1v) is 9.64. The highest BCUT2D eigenvalue weighted by atomic mass is 35.5. The van der Waals surface area contributed by atoms with Crippen LogP contribution in [-0.4, -0.2) is 21.8 Å². The van der Waals surface area contributed by atoms with Gasteiger partial charge in [0.1, 0.15) is 11.5 Å². The quantitative estimate of drug-likeness (QED) is 0.645. The van der Waals surface area contributed by atoms with Crippen LogP contribution < -0.4 is 10.1 Å². The first kappa shape index (κ1) is 18.3. The maximum Gasteiger partial charge on any atom is 0.225 e. The van der Waals surface area contributed by atoms with E-state index in [2.05, 4.69) is 39.8 Å². The number of hydrogen-bond acceptors (Lipinski definition) is 4. The summed E-state index contributed by atoms with van der Waals surface area (Å²) in [5, 5.41) is 11.7. The summed E-state index contributed by atoms with van der Waals surface area (Å²) in [7, 11) is 1.90. The van der Waals surface area contributed by atoms with Crippen molar-refractivity contribution in [2.24, 2.45) is 0 Å². The number of hydrogen-bond donors (Lipinski definition) is 1. The van der Waals surface area contributed by atoms with Crippen molar-refractivity contribution in [3.8, 4) is 16.9 Å². The molecule has 0 saturated heterocycles. The number of halogens is 1. The van der Waals surface area contributed by atoms with E-state index in [9.17, 15) is 0 Å². The molecule has 2 heterocycles. The Kier molecular flexibility index (Phi) is 5.44. The van der Waals surface area contributed by atoms with Crippen LogP contribution in [0.3, 0.4) is 0 Å². The smallest absolute Gasteiger partial charge is 0.225 e. The van der Waals surface area contributed by atoms with E-state index in [0.717, 1.165) is 53.5 Å². The Bertz CT molecular complexity index is 1020. The number of fused-ring (bicyclic) bond motifs is 1. The van der Waals surface area contributed by atoms with Gasteiger partial charge in [0.2, 0.25) is 5.28 Å². The van der Waals surface area contributed by atoms with Gasteiger partial charge in [-0.25, -0.2) is 0 Å². The summed E-state index contributed by atoms with van der Waals surface area (Å²) < 4.78 is 8.25. The number of anilines is 1. The topological polar surface area (TPSA) is 52.0 Å². The zero-order chi connectivity index (χ0) is 19.3. The molecule has 1 aromatic heterocycles. The Morgan fingerprint density at radius 3 is 2.75 bits per heavy atom. The van der Waals surface area contributed by atoms with Gasteiger partial charge in [-0.1, -0.05) is 30.3 Å². The van der Waals surface area contributed by atoms with Crippen molar-refractivity contribution in [3.05, 3.63) is 77.6 Å². The monoisotopic (exact) mass is 392 g/mol. The Hall–Kier alpha value is -3.05. The van der Waals surface area contributed by atoms with E-state index >= 15 is 0 Å². The zero-order valence-corrected chi connectivity index (χ0v) is 16.4. The van der Waals surface area contributed by atoms with E-state index in [0.29, 0.717) is 5.28 Å². The summed E-state index contributed by atoms with van der Waals surface area (Å²) in [5.74, 6) is 2.30. The van der Waals surface area contributed by atoms with Gasteiger partial charge in [-0.2, -0.15) is 0 Å². The number of allylic oxidation sites excluding steroid dienone is 2. The van der Waals surface area contributed by atoms with E-state index in [1.165, 1.54) is 0 Å². The van der Waals surface area contributed by atoms with E-state index in [4.69, 9.17) is 16.3 Å². The van der Waals surface area contributed by atoms with Crippen molar-refractivity contribution in [1.29, 1.82) is 0 Å². The third-order valence-electron chi connectivity index (χ3n) is 4.65. The van der Waals surface area contributed by atoms with Crippen molar-refractivity contribution >= 4 is 23.4 Å². The van der Waals surface area contributed by atoms with Crippen LogP contribution in [0, 0.1) is 0 Å². The fourth-order valence-corrected chi connectivity index (χ4v) is 3.37. The minimum absolute atomic E-state index is 0.414. The van der Waals surface area contributed by atoms with Crippen molar-refractivity contribution in [2.75, 3.05) is 12.4 Å². The van der Waals surface area contributed by atoms with Crippen molar-refractivity contribution < 1.29 is 4.74 Å².